The van der Waals surface area contributed by atoms with Crippen molar-refractivity contribution in [3.05, 3.63) is 94.0 Å². The number of carbonyl (C=O) groups is 1. The van der Waals surface area contributed by atoms with E-state index in [9.17, 15) is 9.18 Å². The Bertz CT molecular complexity index is 1480. The molecule has 0 saturated carbocycles. The zero-order chi connectivity index (χ0) is 25.9. The van der Waals surface area contributed by atoms with Crippen LogP contribution < -0.4 is 9.47 Å². The molecule has 0 unspecified atom stereocenters. The van der Waals surface area contributed by atoms with Crippen molar-refractivity contribution in [2.75, 3.05) is 6.61 Å². The second-order valence-electron chi connectivity index (χ2n) is 7.85. The number of nitrogens with zero attached hydrogens (tertiary/aromatic N) is 4. The number of pyridine rings is 1. The summed E-state index contributed by atoms with van der Waals surface area (Å²) in [6.45, 7) is 2.33. The van der Waals surface area contributed by atoms with Crippen LogP contribution in [0.5, 0.6) is 11.5 Å². The summed E-state index contributed by atoms with van der Waals surface area (Å²) in [7, 11) is 0. The fraction of sp³-hybridized carbons (Fsp3) is 0.115. The molecule has 3 aromatic rings. The Morgan fingerprint density at radius 2 is 2.00 bits per heavy atom. The molecule has 37 heavy (non-hydrogen) atoms. The lowest BCUT2D eigenvalue weighted by atomic mass is 10.1. The van der Waals surface area contributed by atoms with Gasteiger partial charge in [-0.05, 0) is 72.3 Å². The summed E-state index contributed by atoms with van der Waals surface area (Å²) >= 11 is 7.73. The zero-order valence-corrected chi connectivity index (χ0v) is 21.0. The molecule has 0 aliphatic carbocycles. The fourth-order valence-corrected chi connectivity index (χ4v) is 4.73. The predicted molar refractivity (Wildman–Crippen MR) is 142 cm³/mol. The monoisotopic (exact) mass is 535 g/mol. The van der Waals surface area contributed by atoms with Gasteiger partial charge in [0.2, 0.25) is 5.17 Å². The molecule has 0 fully saturated rings. The van der Waals surface area contributed by atoms with Gasteiger partial charge in [-0.2, -0.15) is 15.1 Å². The van der Waals surface area contributed by atoms with Gasteiger partial charge in [0, 0.05) is 18.0 Å². The minimum atomic E-state index is -0.558. The summed E-state index contributed by atoms with van der Waals surface area (Å²) in [6, 6.07) is 12.9. The average Bonchev–Trinajstić information content (AvgIpc) is 3.32. The third-order valence-corrected chi connectivity index (χ3v) is 6.54. The van der Waals surface area contributed by atoms with Crippen molar-refractivity contribution >= 4 is 51.4 Å². The number of aliphatic imine (C=N–C) groups is 1. The molecular formula is C26H19ClFN5O3S. The van der Waals surface area contributed by atoms with Gasteiger partial charge in [0.25, 0.3) is 5.91 Å². The molecule has 1 aromatic heterocycles. The normalized spacial score (nSPS) is 16.0. The zero-order valence-electron chi connectivity index (χ0n) is 19.4. The Balaban J connectivity index is 1.42. The average molecular weight is 536 g/mol. The van der Waals surface area contributed by atoms with Gasteiger partial charge >= 0.3 is 0 Å². The fourth-order valence-electron chi connectivity index (χ4n) is 3.58. The van der Waals surface area contributed by atoms with Gasteiger partial charge in [0.05, 0.1) is 17.2 Å². The van der Waals surface area contributed by atoms with Gasteiger partial charge in [0.15, 0.2) is 17.3 Å². The molecule has 5 rings (SSSR count). The summed E-state index contributed by atoms with van der Waals surface area (Å²) in [5.41, 5.74) is 2.10. The molecule has 186 valence electrons. The van der Waals surface area contributed by atoms with Gasteiger partial charge < -0.3 is 9.47 Å². The third-order valence-electron chi connectivity index (χ3n) is 5.30. The summed E-state index contributed by atoms with van der Waals surface area (Å²) in [5, 5.41) is 15.6. The largest absolute Gasteiger partial charge is 0.490 e. The lowest BCUT2D eigenvalue weighted by Gasteiger charge is -2.20. The van der Waals surface area contributed by atoms with Crippen LogP contribution in [-0.4, -0.2) is 38.6 Å². The number of nitrogens with one attached hydrogen (secondary N) is 1. The number of hydrazone groups is 1. The summed E-state index contributed by atoms with van der Waals surface area (Å²) in [4.78, 5) is 21.0. The van der Waals surface area contributed by atoms with Crippen molar-refractivity contribution in [1.29, 1.82) is 5.41 Å². The van der Waals surface area contributed by atoms with Crippen molar-refractivity contribution in [3.8, 4) is 11.5 Å². The lowest BCUT2D eigenvalue weighted by molar-refractivity contribution is -0.114. The minimum Gasteiger partial charge on any atom is -0.490 e. The number of aromatic nitrogens is 1. The van der Waals surface area contributed by atoms with E-state index >= 15 is 0 Å². The van der Waals surface area contributed by atoms with Gasteiger partial charge in [-0.25, -0.2) is 4.39 Å². The van der Waals surface area contributed by atoms with Gasteiger partial charge in [-0.3, -0.25) is 15.2 Å². The molecular weight excluding hydrogens is 517 g/mol. The maximum Gasteiger partial charge on any atom is 0.283 e. The molecule has 0 saturated heterocycles. The van der Waals surface area contributed by atoms with Crippen LogP contribution in [0.3, 0.4) is 0 Å². The van der Waals surface area contributed by atoms with Crippen LogP contribution in [0.15, 0.2) is 76.6 Å². The highest BCUT2D eigenvalue weighted by molar-refractivity contribution is 8.27. The van der Waals surface area contributed by atoms with Crippen LogP contribution in [0, 0.1) is 11.2 Å². The molecule has 1 amide bonds. The standard InChI is InChI=1S/C26H19ClFN5O3S/c1-2-35-21-12-16(11-20(27)22(21)36-14-15-5-7-18(28)8-6-15)10-19-23(29)33-26(31-24(19)34)37-25(32-33)17-4-3-9-30-13-17/h3-13,29H,2,14H2,1H3. The molecule has 2 aromatic carbocycles. The Hall–Kier alpha value is -4.02. The first-order chi connectivity index (χ1) is 17.9. The number of carbonyl (C=O) groups excluding carboxylic acids is 1. The first kappa shape index (κ1) is 24.7. The van der Waals surface area contributed by atoms with Gasteiger partial charge in [-0.1, -0.05) is 23.7 Å². The van der Waals surface area contributed by atoms with E-state index in [2.05, 4.69) is 15.1 Å². The van der Waals surface area contributed by atoms with E-state index in [0.717, 1.165) is 11.1 Å². The maximum absolute atomic E-state index is 13.2. The number of hydrogen-bond acceptors (Lipinski definition) is 7. The van der Waals surface area contributed by atoms with Crippen LogP contribution in [0.2, 0.25) is 5.02 Å². The number of rotatable bonds is 7. The van der Waals surface area contributed by atoms with Crippen LogP contribution in [0.4, 0.5) is 4.39 Å². The van der Waals surface area contributed by atoms with Crippen LogP contribution in [0.1, 0.15) is 23.6 Å². The van der Waals surface area contributed by atoms with Crippen molar-refractivity contribution in [2.45, 2.75) is 13.5 Å². The third kappa shape index (κ3) is 5.25. The quantitative estimate of drug-likeness (QED) is 0.400. The van der Waals surface area contributed by atoms with Crippen LogP contribution in [-0.2, 0) is 11.4 Å². The topological polar surface area (TPSA) is 100 Å². The summed E-state index contributed by atoms with van der Waals surface area (Å²) < 4.78 is 24.8. The Morgan fingerprint density at radius 3 is 2.73 bits per heavy atom. The molecule has 0 radical (unpaired) electrons. The van der Waals surface area contributed by atoms with Crippen LogP contribution in [0.25, 0.3) is 6.08 Å². The van der Waals surface area contributed by atoms with Crippen LogP contribution >= 0.6 is 23.4 Å². The van der Waals surface area contributed by atoms with Crippen molar-refractivity contribution in [1.82, 2.24) is 9.99 Å². The summed E-state index contributed by atoms with van der Waals surface area (Å²) in [6.07, 6.45) is 4.83. The molecule has 2 aliphatic heterocycles. The second-order valence-corrected chi connectivity index (χ2v) is 9.21. The van der Waals surface area contributed by atoms with E-state index in [4.69, 9.17) is 26.5 Å². The smallest absolute Gasteiger partial charge is 0.283 e. The number of hydrogen-bond donors (Lipinski definition) is 1. The molecule has 2 aliphatic rings. The number of fused-ring (bicyclic) bond motifs is 1. The van der Waals surface area contributed by atoms with E-state index in [1.54, 1.807) is 42.7 Å². The number of halogens is 2. The molecule has 1 N–H and O–H groups in total. The number of amidine groups is 2. The van der Waals surface area contributed by atoms with Crippen molar-refractivity contribution < 1.29 is 18.7 Å². The number of thioether (sulfide) groups is 1. The van der Waals surface area contributed by atoms with E-state index in [1.807, 2.05) is 13.0 Å². The van der Waals surface area contributed by atoms with E-state index in [1.165, 1.54) is 35.0 Å². The van der Waals surface area contributed by atoms with Gasteiger partial charge in [-0.15, -0.1) is 0 Å². The molecule has 0 spiro atoms. The predicted octanol–water partition coefficient (Wildman–Crippen LogP) is 5.52. The molecule has 0 atom stereocenters. The Kier molecular flexibility index (Phi) is 7.02. The summed E-state index contributed by atoms with van der Waals surface area (Å²) in [5.74, 6) is -0.303. The first-order valence-corrected chi connectivity index (χ1v) is 12.4. The first-order valence-electron chi connectivity index (χ1n) is 11.2. The number of amides is 1. The number of benzene rings is 2. The Labute approximate surface area is 221 Å². The highest BCUT2D eigenvalue weighted by atomic mass is 35.5. The minimum absolute atomic E-state index is 0.0547. The molecule has 11 heteroatoms. The lowest BCUT2D eigenvalue weighted by Crippen LogP contribution is -2.35. The van der Waals surface area contributed by atoms with Crippen molar-refractivity contribution in [3.63, 3.8) is 0 Å². The van der Waals surface area contributed by atoms with E-state index in [0.29, 0.717) is 33.9 Å². The second kappa shape index (κ2) is 10.5. The number of ether oxygens (including phenoxy) is 2. The van der Waals surface area contributed by atoms with E-state index < -0.39 is 5.91 Å². The molecule has 0 bridgehead atoms. The van der Waals surface area contributed by atoms with E-state index in [-0.39, 0.29) is 28.9 Å². The maximum atomic E-state index is 13.2. The van der Waals surface area contributed by atoms with Crippen molar-refractivity contribution in [2.24, 2.45) is 10.1 Å². The SMILES string of the molecule is CCOc1cc(C=C2C(=N)N3N=C(c4cccnc4)SC3=NC2=O)cc(Cl)c1OCc1ccc(F)cc1. The highest BCUT2D eigenvalue weighted by Gasteiger charge is 2.36. The Morgan fingerprint density at radius 1 is 1.19 bits per heavy atom. The van der Waals surface area contributed by atoms with Gasteiger partial charge in [0.1, 0.15) is 17.5 Å². The molecule has 3 heterocycles. The highest BCUT2D eigenvalue weighted by Crippen LogP contribution is 2.38. The molecule has 8 nitrogen and oxygen atoms in total.